The predicted molar refractivity (Wildman–Crippen MR) is 120 cm³/mol. The van der Waals surface area contributed by atoms with Crippen LogP contribution in [0.2, 0.25) is 0 Å². The van der Waals surface area contributed by atoms with Crippen molar-refractivity contribution in [2.45, 2.75) is 38.2 Å². The van der Waals surface area contributed by atoms with E-state index < -0.39 is 39.2 Å². The number of amides is 1. The third kappa shape index (κ3) is 4.83. The highest BCUT2D eigenvalue weighted by Gasteiger charge is 2.54. The number of sulfonamides is 1. The van der Waals surface area contributed by atoms with E-state index in [4.69, 9.17) is 9.47 Å². The lowest BCUT2D eigenvalue weighted by Gasteiger charge is -2.30. The summed E-state index contributed by atoms with van der Waals surface area (Å²) >= 11 is 0. The Morgan fingerprint density at radius 3 is 2.25 bits per heavy atom. The van der Waals surface area contributed by atoms with Gasteiger partial charge in [0.1, 0.15) is 24.6 Å². The maximum absolute atomic E-state index is 13.3. The molecule has 32 heavy (non-hydrogen) atoms. The lowest BCUT2D eigenvalue weighted by atomic mass is 10.1. The molecule has 2 aromatic rings. The van der Waals surface area contributed by atoms with Crippen LogP contribution in [-0.2, 0) is 31.0 Å². The fourth-order valence-corrected chi connectivity index (χ4v) is 5.71. The van der Waals surface area contributed by atoms with E-state index in [1.807, 2.05) is 0 Å². The zero-order valence-electron chi connectivity index (χ0n) is 18.4. The number of benzene rings is 2. The molecule has 2 aromatic carbocycles. The summed E-state index contributed by atoms with van der Waals surface area (Å²) < 4.78 is 37.7. The molecule has 0 bridgehead atoms. The van der Waals surface area contributed by atoms with Gasteiger partial charge in [-0.25, -0.2) is 12.7 Å². The van der Waals surface area contributed by atoms with Crippen molar-refractivity contribution in [2.24, 2.45) is 4.99 Å². The molecule has 0 spiro atoms. The molecule has 3 rings (SSSR count). The lowest BCUT2D eigenvalue weighted by molar-refractivity contribution is -0.143. The minimum Gasteiger partial charge on any atom is -0.497 e. The number of carbonyl (C=O) groups excluding carboxylic acids is 2. The Balaban J connectivity index is 1.82. The number of hydrogen-bond donors (Lipinski definition) is 0. The molecule has 1 fully saturated rings. The minimum absolute atomic E-state index is 0.0240. The molecule has 0 N–H and O–H groups in total. The average molecular weight is 459 g/mol. The largest absolute Gasteiger partial charge is 0.497 e. The second-order valence-corrected chi connectivity index (χ2v) is 10.2. The zero-order valence-corrected chi connectivity index (χ0v) is 19.3. The van der Waals surface area contributed by atoms with Gasteiger partial charge in [0.15, 0.2) is 5.25 Å². The lowest BCUT2D eigenvalue weighted by Crippen LogP contribution is -2.45. The van der Waals surface area contributed by atoms with Gasteiger partial charge < -0.3 is 9.47 Å². The van der Waals surface area contributed by atoms with Gasteiger partial charge in [-0.05, 0) is 44.0 Å². The van der Waals surface area contributed by atoms with Crippen molar-refractivity contribution in [3.8, 4) is 5.75 Å². The van der Waals surface area contributed by atoms with Crippen LogP contribution in [0.5, 0.6) is 5.75 Å². The highest BCUT2D eigenvalue weighted by atomic mass is 32.2. The van der Waals surface area contributed by atoms with E-state index in [2.05, 4.69) is 4.99 Å². The monoisotopic (exact) mass is 458 g/mol. The van der Waals surface area contributed by atoms with Gasteiger partial charge in [-0.3, -0.25) is 14.6 Å². The summed E-state index contributed by atoms with van der Waals surface area (Å²) in [5.41, 5.74) is 0.00704. The van der Waals surface area contributed by atoms with E-state index in [1.54, 1.807) is 82.5 Å². The summed E-state index contributed by atoms with van der Waals surface area (Å²) in [5.74, 6) is -0.711. The van der Waals surface area contributed by atoms with Crippen molar-refractivity contribution in [1.82, 2.24) is 4.31 Å². The number of methoxy groups -OCH3 is 1. The van der Waals surface area contributed by atoms with Crippen LogP contribution in [0.3, 0.4) is 0 Å². The van der Waals surface area contributed by atoms with E-state index in [1.165, 1.54) is 0 Å². The van der Waals surface area contributed by atoms with Gasteiger partial charge in [-0.15, -0.1) is 0 Å². The molecule has 1 atom stereocenters. The van der Waals surface area contributed by atoms with E-state index in [-0.39, 0.29) is 12.3 Å². The second-order valence-electron chi connectivity index (χ2n) is 8.29. The number of esters is 1. The van der Waals surface area contributed by atoms with Gasteiger partial charge in [0.2, 0.25) is 0 Å². The minimum atomic E-state index is -4.06. The van der Waals surface area contributed by atoms with Crippen molar-refractivity contribution in [2.75, 3.05) is 13.7 Å². The summed E-state index contributed by atoms with van der Waals surface area (Å²) in [6.45, 7) is 4.47. The Bertz CT molecular complexity index is 1120. The van der Waals surface area contributed by atoms with Crippen LogP contribution in [0.1, 0.15) is 37.1 Å². The van der Waals surface area contributed by atoms with Gasteiger partial charge in [0.25, 0.3) is 15.9 Å². The molecule has 1 amide bonds. The third-order valence-corrected chi connectivity index (χ3v) is 7.17. The third-order valence-electron chi connectivity index (χ3n) is 4.85. The summed E-state index contributed by atoms with van der Waals surface area (Å²) in [6.07, 6.45) is 0. The molecule has 0 aliphatic carbocycles. The highest BCUT2D eigenvalue weighted by Crippen LogP contribution is 2.38. The summed E-state index contributed by atoms with van der Waals surface area (Å²) in [6, 6.07) is 15.4. The maximum atomic E-state index is 13.3. The molecular weight excluding hydrogens is 432 g/mol. The molecule has 0 radical (unpaired) electrons. The number of ether oxygens (including phenoxy) is 2. The van der Waals surface area contributed by atoms with Gasteiger partial charge in [-0.1, -0.05) is 42.5 Å². The normalized spacial score (nSPS) is 19.2. The van der Waals surface area contributed by atoms with Crippen LogP contribution in [0.25, 0.3) is 0 Å². The van der Waals surface area contributed by atoms with Crippen LogP contribution >= 0.6 is 0 Å². The molecule has 1 unspecified atom stereocenters. The molecule has 170 valence electrons. The number of aliphatic imine (C=N–C) groups is 1. The highest BCUT2D eigenvalue weighted by molar-refractivity contribution is 7.91. The molecule has 8 nitrogen and oxygen atoms in total. The van der Waals surface area contributed by atoms with Gasteiger partial charge in [0.05, 0.1) is 12.6 Å². The topological polar surface area (TPSA) is 102 Å². The van der Waals surface area contributed by atoms with Crippen molar-refractivity contribution in [3.63, 3.8) is 0 Å². The van der Waals surface area contributed by atoms with Crippen molar-refractivity contribution in [1.29, 1.82) is 0 Å². The predicted octanol–water partition coefficient (Wildman–Crippen LogP) is 2.89. The van der Waals surface area contributed by atoms with Crippen molar-refractivity contribution >= 4 is 27.6 Å². The first-order chi connectivity index (χ1) is 15.1. The first kappa shape index (κ1) is 23.5. The molecule has 1 saturated heterocycles. The summed E-state index contributed by atoms with van der Waals surface area (Å²) in [5, 5.41) is -1.27. The van der Waals surface area contributed by atoms with Crippen LogP contribution in [0, 0.1) is 0 Å². The fourth-order valence-electron chi connectivity index (χ4n) is 3.45. The zero-order chi connectivity index (χ0) is 23.5. The average Bonchev–Trinajstić information content (AvgIpc) is 2.95. The van der Waals surface area contributed by atoms with Crippen LogP contribution < -0.4 is 4.74 Å². The molecule has 1 aliphatic rings. The molecule has 0 aromatic heterocycles. The van der Waals surface area contributed by atoms with Crippen LogP contribution in [-0.4, -0.2) is 49.5 Å². The smallest absolute Gasteiger partial charge is 0.328 e. The molecule has 1 aliphatic heterocycles. The van der Waals surface area contributed by atoms with E-state index in [0.29, 0.717) is 11.3 Å². The SMILES string of the molecule is COc1ccc(COC(=O)CN=C2C(=O)N(C(C)(C)C)S(=O)(=O)C2c2ccccc2)cc1. The standard InChI is InChI=1S/C23H26N2O6S/c1-23(2,3)25-22(27)20(21(32(25,28)29)17-8-6-5-7-9-17)24-14-19(26)31-15-16-10-12-18(30-4)13-11-16/h5-13,21H,14-15H2,1-4H3. The Labute approximate surface area is 187 Å². The first-order valence-electron chi connectivity index (χ1n) is 10.0. The van der Waals surface area contributed by atoms with E-state index >= 15 is 0 Å². The quantitative estimate of drug-likeness (QED) is 0.617. The van der Waals surface area contributed by atoms with E-state index in [0.717, 1.165) is 9.87 Å². The van der Waals surface area contributed by atoms with E-state index in [9.17, 15) is 18.0 Å². The van der Waals surface area contributed by atoms with Crippen molar-refractivity contribution < 1.29 is 27.5 Å². The van der Waals surface area contributed by atoms with Crippen LogP contribution in [0.4, 0.5) is 0 Å². The fraction of sp³-hybridized carbons (Fsp3) is 0.348. The Morgan fingerprint density at radius 2 is 1.69 bits per heavy atom. The first-order valence-corrected chi connectivity index (χ1v) is 11.5. The summed E-state index contributed by atoms with van der Waals surface area (Å²) in [7, 11) is -2.50. The van der Waals surface area contributed by atoms with Crippen LogP contribution in [0.15, 0.2) is 59.6 Å². The number of nitrogens with zero attached hydrogens (tertiary/aromatic N) is 2. The Morgan fingerprint density at radius 1 is 1.06 bits per heavy atom. The summed E-state index contributed by atoms with van der Waals surface area (Å²) in [4.78, 5) is 29.4. The molecule has 0 saturated carbocycles. The number of rotatable bonds is 6. The van der Waals surface area contributed by atoms with Crippen molar-refractivity contribution in [3.05, 3.63) is 65.7 Å². The van der Waals surface area contributed by atoms with Gasteiger partial charge in [-0.2, -0.15) is 0 Å². The number of carbonyl (C=O) groups is 2. The van der Waals surface area contributed by atoms with Gasteiger partial charge >= 0.3 is 5.97 Å². The van der Waals surface area contributed by atoms with Gasteiger partial charge in [0, 0.05) is 0 Å². The molecular formula is C23H26N2O6S. The molecule has 1 heterocycles. The Hall–Kier alpha value is -3.20. The second kappa shape index (κ2) is 9.12. The Kier molecular flexibility index (Phi) is 6.68. The maximum Gasteiger partial charge on any atom is 0.328 e. The number of hydrogen-bond acceptors (Lipinski definition) is 7. The molecule has 9 heteroatoms.